The lowest BCUT2D eigenvalue weighted by atomic mass is 9.82. The summed E-state index contributed by atoms with van der Waals surface area (Å²) in [6, 6.07) is 4.30. The lowest BCUT2D eigenvalue weighted by Crippen LogP contribution is -2.28. The van der Waals surface area contributed by atoms with E-state index < -0.39 is 0 Å². The zero-order valence-corrected chi connectivity index (χ0v) is 13.6. The van der Waals surface area contributed by atoms with E-state index in [1.54, 1.807) is 6.92 Å². The first-order valence-electron chi connectivity index (χ1n) is 6.84. The van der Waals surface area contributed by atoms with Crippen LogP contribution >= 0.6 is 0 Å². The summed E-state index contributed by atoms with van der Waals surface area (Å²) in [5.74, 6) is 0.194. The molecular formula is C17H27NO. The summed E-state index contributed by atoms with van der Waals surface area (Å²) >= 11 is 0. The highest BCUT2D eigenvalue weighted by Gasteiger charge is 2.24. The molecule has 0 spiro atoms. The number of ketones is 1. The smallest absolute Gasteiger partial charge is 0.151 e. The molecular weight excluding hydrogens is 234 g/mol. The fourth-order valence-corrected chi connectivity index (χ4v) is 2.66. The first-order valence-corrected chi connectivity index (χ1v) is 6.84. The fourth-order valence-electron chi connectivity index (χ4n) is 2.66. The van der Waals surface area contributed by atoms with Gasteiger partial charge < -0.3 is 0 Å². The number of likely N-dealkylation sites (N-methyl/N-ethyl adjacent to an activating group) is 1. The Morgan fingerprint density at radius 3 is 1.79 bits per heavy atom. The molecule has 0 N–H and O–H groups in total. The van der Waals surface area contributed by atoms with Gasteiger partial charge in [0.1, 0.15) is 0 Å². The third-order valence-corrected chi connectivity index (χ3v) is 3.63. The summed E-state index contributed by atoms with van der Waals surface area (Å²) in [7, 11) is 3.92. The van der Waals surface area contributed by atoms with Crippen molar-refractivity contribution in [3.8, 4) is 0 Å². The molecule has 106 valence electrons. The van der Waals surface area contributed by atoms with Crippen LogP contribution in [0.5, 0.6) is 0 Å². The number of rotatable bonds is 3. The summed E-state index contributed by atoms with van der Waals surface area (Å²) in [6.07, 6.45) is 0. The number of aryl methyl sites for hydroxylation is 2. The van der Waals surface area contributed by atoms with Crippen LogP contribution in [0.1, 0.15) is 56.0 Å². The Bertz CT molecular complexity index is 458. The number of hydrogen-bond acceptors (Lipinski definition) is 2. The van der Waals surface area contributed by atoms with E-state index in [0.29, 0.717) is 0 Å². The van der Waals surface area contributed by atoms with Gasteiger partial charge in [0.2, 0.25) is 0 Å². The molecule has 19 heavy (non-hydrogen) atoms. The van der Waals surface area contributed by atoms with Crippen LogP contribution in [-0.2, 0) is 10.2 Å². The number of carbonyl (C=O) groups excluding carboxylic acids is 1. The molecule has 1 unspecified atom stereocenters. The van der Waals surface area contributed by atoms with E-state index in [0.717, 1.165) is 5.56 Å². The minimum Gasteiger partial charge on any atom is -0.298 e. The molecule has 2 heteroatoms. The number of hydrogen-bond donors (Lipinski definition) is 0. The van der Waals surface area contributed by atoms with Crippen molar-refractivity contribution < 1.29 is 4.79 Å². The Balaban J connectivity index is 3.43. The second-order valence-corrected chi connectivity index (χ2v) is 6.75. The molecule has 0 aliphatic heterocycles. The van der Waals surface area contributed by atoms with Crippen molar-refractivity contribution in [1.82, 2.24) is 4.90 Å². The fraction of sp³-hybridized carbons (Fsp3) is 0.588. The topological polar surface area (TPSA) is 20.3 Å². The number of Topliss-reactive ketones (excluding diaryl/α,β-unsaturated/α-hetero) is 1. The van der Waals surface area contributed by atoms with Crippen LogP contribution in [0.25, 0.3) is 0 Å². The molecule has 1 aromatic carbocycles. The highest BCUT2D eigenvalue weighted by Crippen LogP contribution is 2.31. The molecule has 0 bridgehead atoms. The molecule has 1 rings (SSSR count). The largest absolute Gasteiger partial charge is 0.298 e. The van der Waals surface area contributed by atoms with Crippen LogP contribution in [-0.4, -0.2) is 24.8 Å². The van der Waals surface area contributed by atoms with E-state index in [1.165, 1.54) is 16.7 Å². The van der Waals surface area contributed by atoms with E-state index in [4.69, 9.17) is 0 Å². The minimum atomic E-state index is -0.144. The quantitative estimate of drug-likeness (QED) is 0.825. The molecule has 2 nitrogen and oxygen atoms in total. The van der Waals surface area contributed by atoms with Gasteiger partial charge in [0, 0.05) is 0 Å². The molecule has 0 heterocycles. The van der Waals surface area contributed by atoms with Crippen LogP contribution in [0.3, 0.4) is 0 Å². The van der Waals surface area contributed by atoms with Gasteiger partial charge >= 0.3 is 0 Å². The third kappa shape index (κ3) is 3.44. The highest BCUT2D eigenvalue weighted by molar-refractivity contribution is 5.83. The van der Waals surface area contributed by atoms with Crippen LogP contribution in [0.15, 0.2) is 12.1 Å². The van der Waals surface area contributed by atoms with Crippen molar-refractivity contribution in [1.29, 1.82) is 0 Å². The number of nitrogens with zero attached hydrogens (tertiary/aromatic N) is 1. The zero-order valence-electron chi connectivity index (χ0n) is 13.6. The Kier molecular flexibility index (Phi) is 4.57. The van der Waals surface area contributed by atoms with Crippen molar-refractivity contribution in [2.45, 2.75) is 53.0 Å². The molecule has 0 aliphatic rings. The van der Waals surface area contributed by atoms with Crippen LogP contribution in [0.2, 0.25) is 0 Å². The maximum atomic E-state index is 11.9. The molecule has 0 fully saturated rings. The summed E-state index contributed by atoms with van der Waals surface area (Å²) in [5.41, 5.74) is 5.04. The number of benzene rings is 1. The van der Waals surface area contributed by atoms with Gasteiger partial charge in [-0.1, -0.05) is 32.9 Å². The SMILES string of the molecule is CC(=O)C(c1c(C)cc(C(C)(C)C)cc1C)N(C)C. The lowest BCUT2D eigenvalue weighted by molar-refractivity contribution is -0.121. The lowest BCUT2D eigenvalue weighted by Gasteiger charge is -2.28. The molecule has 0 saturated carbocycles. The zero-order chi connectivity index (χ0) is 15.0. The van der Waals surface area contributed by atoms with Gasteiger partial charge in [-0.3, -0.25) is 9.69 Å². The number of carbonyl (C=O) groups is 1. The average molecular weight is 261 g/mol. The Morgan fingerprint density at radius 2 is 1.53 bits per heavy atom. The van der Waals surface area contributed by atoms with E-state index in [-0.39, 0.29) is 17.2 Å². The second kappa shape index (κ2) is 5.46. The molecule has 0 aromatic heterocycles. The predicted molar refractivity (Wildman–Crippen MR) is 81.7 cm³/mol. The van der Waals surface area contributed by atoms with Gasteiger partial charge in [0.15, 0.2) is 5.78 Å². The highest BCUT2D eigenvalue weighted by atomic mass is 16.1. The predicted octanol–water partition coefficient (Wildman–Crippen LogP) is 3.79. The monoisotopic (exact) mass is 261 g/mol. The van der Waals surface area contributed by atoms with Gasteiger partial charge in [-0.2, -0.15) is 0 Å². The van der Waals surface area contributed by atoms with Crippen molar-refractivity contribution in [3.63, 3.8) is 0 Å². The van der Waals surface area contributed by atoms with E-state index in [2.05, 4.69) is 46.8 Å². The van der Waals surface area contributed by atoms with Crippen molar-refractivity contribution in [2.75, 3.05) is 14.1 Å². The van der Waals surface area contributed by atoms with Gasteiger partial charge in [0.05, 0.1) is 6.04 Å². The Hall–Kier alpha value is -1.15. The van der Waals surface area contributed by atoms with Crippen molar-refractivity contribution in [2.24, 2.45) is 0 Å². The molecule has 0 radical (unpaired) electrons. The summed E-state index contributed by atoms with van der Waals surface area (Å²) in [5, 5.41) is 0. The third-order valence-electron chi connectivity index (χ3n) is 3.63. The average Bonchev–Trinajstić information content (AvgIpc) is 2.20. The van der Waals surface area contributed by atoms with Gasteiger partial charge in [-0.05, 0) is 62.5 Å². The normalized spacial score (nSPS) is 13.7. The van der Waals surface area contributed by atoms with Gasteiger partial charge in [-0.25, -0.2) is 0 Å². The molecule has 1 atom stereocenters. The van der Waals surface area contributed by atoms with Crippen LogP contribution < -0.4 is 0 Å². The molecule has 1 aromatic rings. The second-order valence-electron chi connectivity index (χ2n) is 6.75. The maximum absolute atomic E-state index is 11.9. The van der Waals surface area contributed by atoms with Crippen LogP contribution in [0, 0.1) is 13.8 Å². The summed E-state index contributed by atoms with van der Waals surface area (Å²) in [6.45, 7) is 12.5. The molecule has 0 saturated heterocycles. The maximum Gasteiger partial charge on any atom is 0.151 e. The Morgan fingerprint density at radius 1 is 1.11 bits per heavy atom. The van der Waals surface area contributed by atoms with Crippen molar-refractivity contribution in [3.05, 3.63) is 34.4 Å². The van der Waals surface area contributed by atoms with Crippen LogP contribution in [0.4, 0.5) is 0 Å². The van der Waals surface area contributed by atoms with E-state index >= 15 is 0 Å². The minimum absolute atomic E-state index is 0.137. The standard InChI is InChI=1S/C17H27NO/c1-11-9-14(17(4,5)6)10-12(2)15(11)16(13(3)19)18(7)8/h9-10,16H,1-8H3. The first-order chi connectivity index (χ1) is 8.55. The van der Waals surface area contributed by atoms with E-state index in [1.807, 2.05) is 19.0 Å². The van der Waals surface area contributed by atoms with E-state index in [9.17, 15) is 4.79 Å². The Labute approximate surface area is 117 Å². The van der Waals surface area contributed by atoms with Crippen molar-refractivity contribution >= 4 is 5.78 Å². The van der Waals surface area contributed by atoms with Gasteiger partial charge in [0.25, 0.3) is 0 Å². The molecule has 0 amide bonds. The summed E-state index contributed by atoms with van der Waals surface area (Å²) in [4.78, 5) is 13.9. The van der Waals surface area contributed by atoms with Gasteiger partial charge in [-0.15, -0.1) is 0 Å². The molecule has 0 aliphatic carbocycles. The summed E-state index contributed by atoms with van der Waals surface area (Å²) < 4.78 is 0. The first kappa shape index (κ1) is 15.9.